The summed E-state index contributed by atoms with van der Waals surface area (Å²) in [6, 6.07) is 7.76. The van der Waals surface area contributed by atoms with Crippen molar-refractivity contribution in [1.82, 2.24) is 10.3 Å². The Morgan fingerprint density at radius 2 is 2.32 bits per heavy atom. The molecule has 5 nitrogen and oxygen atoms in total. The first-order chi connectivity index (χ1) is 9.22. The highest BCUT2D eigenvalue weighted by atomic mass is 16.5. The summed E-state index contributed by atoms with van der Waals surface area (Å²) >= 11 is 0. The van der Waals surface area contributed by atoms with Crippen LogP contribution in [0, 0.1) is 0 Å². The van der Waals surface area contributed by atoms with Crippen molar-refractivity contribution in [2.75, 3.05) is 19.7 Å². The smallest absolute Gasteiger partial charge is 0.268 e. The molecule has 19 heavy (non-hydrogen) atoms. The predicted octanol–water partition coefficient (Wildman–Crippen LogP) is 1.15. The Hall–Kier alpha value is -1.59. The number of rotatable bonds is 5. The molecule has 0 aromatic heterocycles. The molecule has 0 saturated carbocycles. The van der Waals surface area contributed by atoms with Crippen molar-refractivity contribution in [1.29, 1.82) is 0 Å². The lowest BCUT2D eigenvalue weighted by atomic mass is 10.2. The molecule has 3 N–H and O–H groups in total. The third-order valence-corrected chi connectivity index (χ3v) is 3.59. The molecule has 5 heteroatoms. The summed E-state index contributed by atoms with van der Waals surface area (Å²) in [5, 5.41) is 0. The van der Waals surface area contributed by atoms with Gasteiger partial charge in [0.1, 0.15) is 12.4 Å². The number of nitrogens with two attached hydrogens (primary N) is 1. The van der Waals surface area contributed by atoms with Crippen LogP contribution in [0.25, 0.3) is 0 Å². The van der Waals surface area contributed by atoms with Gasteiger partial charge in [-0.1, -0.05) is 12.1 Å². The topological polar surface area (TPSA) is 67.6 Å². The molecule has 1 amide bonds. The van der Waals surface area contributed by atoms with E-state index in [1.807, 2.05) is 6.07 Å². The van der Waals surface area contributed by atoms with Gasteiger partial charge in [0.2, 0.25) is 0 Å². The maximum atomic E-state index is 11.6. The molecule has 1 saturated heterocycles. The van der Waals surface area contributed by atoms with Crippen LogP contribution < -0.4 is 16.0 Å². The van der Waals surface area contributed by atoms with Crippen LogP contribution in [0.15, 0.2) is 24.3 Å². The monoisotopic (exact) mass is 263 g/mol. The van der Waals surface area contributed by atoms with E-state index < -0.39 is 0 Å². The van der Waals surface area contributed by atoms with E-state index in [4.69, 9.17) is 10.6 Å². The highest BCUT2D eigenvalue weighted by Crippen LogP contribution is 2.19. The number of benzene rings is 1. The highest BCUT2D eigenvalue weighted by Gasteiger charge is 2.19. The second kappa shape index (κ2) is 6.54. The highest BCUT2D eigenvalue weighted by molar-refractivity contribution is 5.96. The zero-order valence-corrected chi connectivity index (χ0v) is 11.3. The van der Waals surface area contributed by atoms with Gasteiger partial charge in [0.25, 0.3) is 5.91 Å². The summed E-state index contributed by atoms with van der Waals surface area (Å²) in [4.78, 5) is 14.0. The van der Waals surface area contributed by atoms with E-state index in [-0.39, 0.29) is 5.91 Å². The number of nitrogen functional groups attached to an aromatic ring is 1. The van der Waals surface area contributed by atoms with Crippen molar-refractivity contribution in [2.24, 2.45) is 5.84 Å². The standard InChI is InChI=1S/C14H21N3O2/c1-11-5-4-8-17(11)9-10-19-13-7-3-2-6-12(13)14(18)16-15/h2-3,6-7,11H,4-5,8-10,15H2,1H3,(H,16,18). The molecule has 2 rings (SSSR count). The predicted molar refractivity (Wildman–Crippen MR) is 73.9 cm³/mol. The molecule has 1 unspecified atom stereocenters. The second-order valence-corrected chi connectivity index (χ2v) is 4.85. The third kappa shape index (κ3) is 3.45. The molecule has 104 valence electrons. The first-order valence-electron chi connectivity index (χ1n) is 6.69. The minimum atomic E-state index is -0.329. The van der Waals surface area contributed by atoms with Crippen LogP contribution in [-0.4, -0.2) is 36.5 Å². The summed E-state index contributed by atoms with van der Waals surface area (Å²) in [5.74, 6) is 5.41. The Labute approximate surface area is 113 Å². The average Bonchev–Trinajstić information content (AvgIpc) is 2.84. The third-order valence-electron chi connectivity index (χ3n) is 3.59. The van der Waals surface area contributed by atoms with Crippen LogP contribution in [0.2, 0.25) is 0 Å². The van der Waals surface area contributed by atoms with Crippen molar-refractivity contribution in [3.05, 3.63) is 29.8 Å². The van der Waals surface area contributed by atoms with Gasteiger partial charge in [0, 0.05) is 12.6 Å². The summed E-state index contributed by atoms with van der Waals surface area (Å²) in [5.41, 5.74) is 2.60. The molecule has 1 atom stereocenters. The van der Waals surface area contributed by atoms with E-state index in [1.54, 1.807) is 18.2 Å². The molecular formula is C14H21N3O2. The molecule has 0 radical (unpaired) electrons. The number of carbonyl (C=O) groups excluding carboxylic acids is 1. The average molecular weight is 263 g/mol. The second-order valence-electron chi connectivity index (χ2n) is 4.85. The maximum Gasteiger partial charge on any atom is 0.268 e. The van der Waals surface area contributed by atoms with Crippen molar-refractivity contribution in [3.63, 3.8) is 0 Å². The lowest BCUT2D eigenvalue weighted by Gasteiger charge is -2.21. The number of para-hydroxylation sites is 1. The summed E-state index contributed by atoms with van der Waals surface area (Å²) in [7, 11) is 0. The largest absolute Gasteiger partial charge is 0.491 e. The van der Waals surface area contributed by atoms with Crippen LogP contribution >= 0.6 is 0 Å². The van der Waals surface area contributed by atoms with Gasteiger partial charge in [0.15, 0.2) is 0 Å². The molecule has 1 aromatic rings. The Kier molecular flexibility index (Phi) is 4.76. The molecule has 0 bridgehead atoms. The van der Waals surface area contributed by atoms with Crippen molar-refractivity contribution >= 4 is 5.91 Å². The number of likely N-dealkylation sites (tertiary alicyclic amines) is 1. The van der Waals surface area contributed by atoms with Crippen LogP contribution in [0.4, 0.5) is 0 Å². The van der Waals surface area contributed by atoms with E-state index in [0.29, 0.717) is 24.0 Å². The van der Waals surface area contributed by atoms with Crippen LogP contribution in [-0.2, 0) is 0 Å². The molecule has 0 aliphatic carbocycles. The van der Waals surface area contributed by atoms with E-state index in [1.165, 1.54) is 12.8 Å². The van der Waals surface area contributed by atoms with Gasteiger partial charge in [-0.2, -0.15) is 0 Å². The fourth-order valence-electron chi connectivity index (χ4n) is 2.46. The molecule has 1 heterocycles. The number of ether oxygens (including phenoxy) is 1. The summed E-state index contributed by atoms with van der Waals surface area (Å²) in [6.07, 6.45) is 2.51. The van der Waals surface area contributed by atoms with Crippen LogP contribution in [0.1, 0.15) is 30.1 Å². The summed E-state index contributed by atoms with van der Waals surface area (Å²) < 4.78 is 5.71. The van der Waals surface area contributed by atoms with Crippen molar-refractivity contribution in [3.8, 4) is 5.75 Å². The number of amides is 1. The van der Waals surface area contributed by atoms with Gasteiger partial charge in [-0.05, 0) is 38.4 Å². The van der Waals surface area contributed by atoms with Gasteiger partial charge < -0.3 is 4.74 Å². The van der Waals surface area contributed by atoms with Crippen LogP contribution in [0.5, 0.6) is 5.75 Å². The normalized spacial score (nSPS) is 19.4. The number of hydrazine groups is 1. The number of nitrogens with zero attached hydrogens (tertiary/aromatic N) is 1. The maximum absolute atomic E-state index is 11.6. The minimum absolute atomic E-state index is 0.329. The van der Waals surface area contributed by atoms with E-state index >= 15 is 0 Å². The Morgan fingerprint density at radius 3 is 3.00 bits per heavy atom. The number of nitrogens with one attached hydrogen (secondary N) is 1. The first-order valence-corrected chi connectivity index (χ1v) is 6.69. The lowest BCUT2D eigenvalue weighted by molar-refractivity contribution is 0.0948. The van der Waals surface area contributed by atoms with Gasteiger partial charge in [0.05, 0.1) is 5.56 Å². The zero-order valence-electron chi connectivity index (χ0n) is 11.3. The quantitative estimate of drug-likeness (QED) is 0.475. The summed E-state index contributed by atoms with van der Waals surface area (Å²) in [6.45, 7) is 4.84. The van der Waals surface area contributed by atoms with E-state index in [9.17, 15) is 4.79 Å². The molecular weight excluding hydrogens is 242 g/mol. The Balaban J connectivity index is 1.90. The molecule has 1 fully saturated rings. The van der Waals surface area contributed by atoms with Gasteiger partial charge in [-0.15, -0.1) is 0 Å². The van der Waals surface area contributed by atoms with E-state index in [0.717, 1.165) is 13.1 Å². The SMILES string of the molecule is CC1CCCN1CCOc1ccccc1C(=O)NN. The van der Waals surface area contributed by atoms with Crippen LogP contribution in [0.3, 0.4) is 0 Å². The van der Waals surface area contributed by atoms with Gasteiger partial charge in [-0.3, -0.25) is 15.1 Å². The van der Waals surface area contributed by atoms with Crippen molar-refractivity contribution < 1.29 is 9.53 Å². The molecule has 0 spiro atoms. The van der Waals surface area contributed by atoms with Gasteiger partial charge in [-0.25, -0.2) is 5.84 Å². The molecule has 1 aliphatic rings. The minimum Gasteiger partial charge on any atom is -0.491 e. The Bertz CT molecular complexity index is 436. The van der Waals surface area contributed by atoms with E-state index in [2.05, 4.69) is 17.2 Å². The fourth-order valence-corrected chi connectivity index (χ4v) is 2.46. The fraction of sp³-hybridized carbons (Fsp3) is 0.500. The molecule has 1 aromatic carbocycles. The zero-order chi connectivity index (χ0) is 13.7. The van der Waals surface area contributed by atoms with Gasteiger partial charge >= 0.3 is 0 Å². The number of carbonyl (C=O) groups is 1. The Morgan fingerprint density at radius 1 is 1.53 bits per heavy atom. The number of hydrogen-bond acceptors (Lipinski definition) is 4. The molecule has 1 aliphatic heterocycles. The number of hydrogen-bond donors (Lipinski definition) is 2. The lowest BCUT2D eigenvalue weighted by Crippen LogP contribution is -2.32. The van der Waals surface area contributed by atoms with Crippen molar-refractivity contribution in [2.45, 2.75) is 25.8 Å². The first kappa shape index (κ1) is 13.8.